The van der Waals surface area contributed by atoms with E-state index in [1.165, 1.54) is 23.9 Å². The molecule has 0 radical (unpaired) electrons. The quantitative estimate of drug-likeness (QED) is 0.367. The van der Waals surface area contributed by atoms with Gasteiger partial charge in [-0.05, 0) is 48.5 Å². The van der Waals surface area contributed by atoms with E-state index in [1.807, 2.05) is 12.1 Å². The van der Waals surface area contributed by atoms with Gasteiger partial charge in [0, 0.05) is 11.1 Å². The molecule has 0 aliphatic carbocycles. The second-order valence-electron chi connectivity index (χ2n) is 5.79. The predicted molar refractivity (Wildman–Crippen MR) is 102 cm³/mol. The van der Waals surface area contributed by atoms with Gasteiger partial charge in [0.05, 0.1) is 12.9 Å². The minimum Gasteiger partial charge on any atom is -0.497 e. The highest BCUT2D eigenvalue weighted by Crippen LogP contribution is 2.28. The number of nitrogens with zero attached hydrogens (tertiary/aromatic N) is 4. The molecule has 30 heavy (non-hydrogen) atoms. The Labute approximate surface area is 173 Å². The second-order valence-corrected chi connectivity index (χ2v) is 6.72. The highest BCUT2D eigenvalue weighted by molar-refractivity contribution is 7.98. The Morgan fingerprint density at radius 1 is 0.833 bits per heavy atom. The first-order valence-electron chi connectivity index (χ1n) is 8.59. The smallest absolute Gasteiger partial charge is 0.387 e. The summed E-state index contributed by atoms with van der Waals surface area (Å²) in [6.07, 6.45) is 0. The van der Waals surface area contributed by atoms with Gasteiger partial charge in [-0.1, -0.05) is 11.8 Å². The zero-order chi connectivity index (χ0) is 20.9. The summed E-state index contributed by atoms with van der Waals surface area (Å²) in [6, 6.07) is 13.2. The molecule has 0 spiro atoms. The van der Waals surface area contributed by atoms with Gasteiger partial charge in [-0.25, -0.2) is 0 Å². The van der Waals surface area contributed by atoms with Crippen molar-refractivity contribution in [2.45, 2.75) is 17.6 Å². The van der Waals surface area contributed by atoms with Gasteiger partial charge < -0.3 is 18.3 Å². The second kappa shape index (κ2) is 8.91. The van der Waals surface area contributed by atoms with Crippen molar-refractivity contribution >= 4 is 11.8 Å². The van der Waals surface area contributed by atoms with Crippen LogP contribution in [0.3, 0.4) is 0 Å². The molecule has 4 aromatic rings. The van der Waals surface area contributed by atoms with Crippen LogP contribution in [-0.4, -0.2) is 34.1 Å². The third-order valence-corrected chi connectivity index (χ3v) is 4.66. The van der Waals surface area contributed by atoms with E-state index in [2.05, 4.69) is 25.1 Å². The zero-order valence-electron chi connectivity index (χ0n) is 15.5. The van der Waals surface area contributed by atoms with Crippen LogP contribution in [0, 0.1) is 0 Å². The summed E-state index contributed by atoms with van der Waals surface area (Å²) in [5.74, 6) is 2.17. The van der Waals surface area contributed by atoms with Crippen molar-refractivity contribution in [3.8, 4) is 34.4 Å². The summed E-state index contributed by atoms with van der Waals surface area (Å²) in [6.45, 7) is -2.88. The molecule has 2 heterocycles. The molecule has 0 bridgehead atoms. The Balaban J connectivity index is 1.37. The largest absolute Gasteiger partial charge is 0.497 e. The molecule has 0 amide bonds. The lowest BCUT2D eigenvalue weighted by atomic mass is 10.2. The van der Waals surface area contributed by atoms with Gasteiger partial charge in [-0.15, -0.1) is 20.4 Å². The molecular weight excluding hydrogens is 418 g/mol. The first kappa shape index (κ1) is 19.8. The van der Waals surface area contributed by atoms with Crippen molar-refractivity contribution in [1.82, 2.24) is 20.4 Å². The lowest BCUT2D eigenvalue weighted by Crippen LogP contribution is -2.01. The van der Waals surface area contributed by atoms with Gasteiger partial charge in [0.25, 0.3) is 5.22 Å². The van der Waals surface area contributed by atoms with Gasteiger partial charge >= 0.3 is 6.61 Å². The Bertz CT molecular complexity index is 1100. The number of hydrogen-bond acceptors (Lipinski definition) is 9. The van der Waals surface area contributed by atoms with Crippen LogP contribution in [0.25, 0.3) is 22.9 Å². The lowest BCUT2D eigenvalue weighted by Gasteiger charge is -2.03. The number of ether oxygens (including phenoxy) is 2. The van der Waals surface area contributed by atoms with Crippen molar-refractivity contribution in [3.05, 3.63) is 54.4 Å². The van der Waals surface area contributed by atoms with E-state index in [0.29, 0.717) is 28.3 Å². The van der Waals surface area contributed by atoms with Crippen LogP contribution < -0.4 is 9.47 Å². The molecule has 0 saturated heterocycles. The van der Waals surface area contributed by atoms with Crippen molar-refractivity contribution in [2.24, 2.45) is 0 Å². The minimum atomic E-state index is -2.88. The SMILES string of the molecule is COc1ccc(-c2nnc(CSc3nnc(-c4ccc(OC(F)F)cc4)o3)o2)cc1. The number of thioether (sulfide) groups is 1. The number of methoxy groups -OCH3 is 1. The van der Waals surface area contributed by atoms with Crippen LogP contribution in [0.4, 0.5) is 8.78 Å². The van der Waals surface area contributed by atoms with E-state index in [4.69, 9.17) is 13.6 Å². The van der Waals surface area contributed by atoms with Gasteiger partial charge in [0.1, 0.15) is 11.5 Å². The number of alkyl halides is 2. The molecule has 0 unspecified atom stereocenters. The molecule has 0 atom stereocenters. The Morgan fingerprint density at radius 3 is 2.07 bits per heavy atom. The molecule has 2 aromatic carbocycles. The first-order chi connectivity index (χ1) is 14.6. The third kappa shape index (κ3) is 4.74. The van der Waals surface area contributed by atoms with Gasteiger partial charge in [-0.3, -0.25) is 0 Å². The summed E-state index contributed by atoms with van der Waals surface area (Å²) in [5.41, 5.74) is 1.36. The Morgan fingerprint density at radius 2 is 1.43 bits per heavy atom. The lowest BCUT2D eigenvalue weighted by molar-refractivity contribution is -0.0498. The number of benzene rings is 2. The van der Waals surface area contributed by atoms with Crippen LogP contribution in [-0.2, 0) is 5.75 Å². The average Bonchev–Trinajstić information content (AvgIpc) is 3.42. The normalized spacial score (nSPS) is 11.1. The molecule has 11 heteroatoms. The summed E-state index contributed by atoms with van der Waals surface area (Å²) < 4.78 is 45.1. The fourth-order valence-electron chi connectivity index (χ4n) is 2.45. The molecule has 4 rings (SSSR count). The molecule has 2 aromatic heterocycles. The van der Waals surface area contributed by atoms with Crippen molar-refractivity contribution < 1.29 is 27.1 Å². The van der Waals surface area contributed by atoms with E-state index in [0.717, 1.165) is 11.3 Å². The Hall–Kier alpha value is -3.47. The Kier molecular flexibility index (Phi) is 5.89. The molecule has 0 aliphatic rings. The fourth-order valence-corrected chi connectivity index (χ4v) is 3.05. The molecule has 154 valence electrons. The maximum Gasteiger partial charge on any atom is 0.387 e. The van der Waals surface area contributed by atoms with E-state index in [1.54, 1.807) is 31.4 Å². The maximum atomic E-state index is 12.2. The van der Waals surface area contributed by atoms with Crippen LogP contribution >= 0.6 is 11.8 Å². The van der Waals surface area contributed by atoms with E-state index in [-0.39, 0.29) is 11.6 Å². The summed E-state index contributed by atoms with van der Waals surface area (Å²) >= 11 is 1.23. The number of aromatic nitrogens is 4. The fraction of sp³-hybridized carbons (Fsp3) is 0.158. The van der Waals surface area contributed by atoms with Gasteiger partial charge in [0.15, 0.2) is 0 Å². The summed E-state index contributed by atoms with van der Waals surface area (Å²) in [5, 5.41) is 16.3. The monoisotopic (exact) mass is 432 g/mol. The predicted octanol–water partition coefficient (Wildman–Crippen LogP) is 4.69. The number of rotatable bonds is 8. The number of hydrogen-bond donors (Lipinski definition) is 0. The zero-order valence-corrected chi connectivity index (χ0v) is 16.3. The third-order valence-electron chi connectivity index (χ3n) is 3.86. The highest BCUT2D eigenvalue weighted by atomic mass is 32.2. The molecule has 0 saturated carbocycles. The van der Waals surface area contributed by atoms with Crippen LogP contribution in [0.5, 0.6) is 11.5 Å². The average molecular weight is 432 g/mol. The summed E-state index contributed by atoms with van der Waals surface area (Å²) in [7, 11) is 1.59. The van der Waals surface area contributed by atoms with Crippen molar-refractivity contribution in [3.63, 3.8) is 0 Å². The topological polar surface area (TPSA) is 96.3 Å². The molecule has 0 fully saturated rings. The standard InChI is InChI=1S/C19H14F2N4O4S/c1-26-13-6-2-11(3-7-13)16-23-22-15(28-16)10-30-19-25-24-17(29-19)12-4-8-14(9-5-12)27-18(20)21/h2-9,18H,10H2,1H3. The molecular formula is C19H14F2N4O4S. The van der Waals surface area contributed by atoms with Crippen molar-refractivity contribution in [1.29, 1.82) is 0 Å². The van der Waals surface area contributed by atoms with Gasteiger partial charge in [-0.2, -0.15) is 8.78 Å². The van der Waals surface area contributed by atoms with Gasteiger partial charge in [0.2, 0.25) is 17.7 Å². The van der Waals surface area contributed by atoms with Crippen LogP contribution in [0.1, 0.15) is 5.89 Å². The van der Waals surface area contributed by atoms with Crippen molar-refractivity contribution in [2.75, 3.05) is 7.11 Å². The van der Waals surface area contributed by atoms with Crippen LogP contribution in [0.2, 0.25) is 0 Å². The molecule has 8 nitrogen and oxygen atoms in total. The molecule has 0 N–H and O–H groups in total. The first-order valence-corrected chi connectivity index (χ1v) is 9.57. The van der Waals surface area contributed by atoms with E-state index < -0.39 is 6.61 Å². The maximum absolute atomic E-state index is 12.2. The minimum absolute atomic E-state index is 0.0481. The molecule has 0 aliphatic heterocycles. The summed E-state index contributed by atoms with van der Waals surface area (Å²) in [4.78, 5) is 0. The van der Waals surface area contributed by atoms with E-state index in [9.17, 15) is 8.78 Å². The van der Waals surface area contributed by atoms with E-state index >= 15 is 0 Å². The van der Waals surface area contributed by atoms with Crippen LogP contribution in [0.15, 0.2) is 62.6 Å². The highest BCUT2D eigenvalue weighted by Gasteiger charge is 2.13. The number of halogens is 2.